The lowest BCUT2D eigenvalue weighted by Gasteiger charge is -2.30. The summed E-state index contributed by atoms with van der Waals surface area (Å²) >= 11 is 0. The van der Waals surface area contributed by atoms with Crippen LogP contribution in [0.4, 0.5) is 0 Å². The summed E-state index contributed by atoms with van der Waals surface area (Å²) < 4.78 is 17.1. The summed E-state index contributed by atoms with van der Waals surface area (Å²) in [6.45, 7) is 10.7. The number of rotatable bonds is 15. The molecule has 3 unspecified atom stereocenters. The highest BCUT2D eigenvalue weighted by Crippen LogP contribution is 2.08. The SMILES string of the molecule is CC(CN)COCC(N)(COCC(C)CN)COCC(C)CN. The monoisotopic (exact) mass is 334 g/mol. The maximum atomic E-state index is 6.41. The Morgan fingerprint density at radius 2 is 0.913 bits per heavy atom. The first-order valence-corrected chi connectivity index (χ1v) is 8.49. The molecule has 140 valence electrons. The molecule has 7 heteroatoms. The summed E-state index contributed by atoms with van der Waals surface area (Å²) in [6.07, 6.45) is 0. The maximum absolute atomic E-state index is 6.41. The van der Waals surface area contributed by atoms with Crippen molar-refractivity contribution in [2.75, 3.05) is 59.3 Å². The first-order chi connectivity index (χ1) is 10.9. The van der Waals surface area contributed by atoms with Gasteiger partial charge in [-0.15, -0.1) is 0 Å². The minimum absolute atomic E-state index is 0.301. The third-order valence-electron chi connectivity index (χ3n) is 3.58. The van der Waals surface area contributed by atoms with Gasteiger partial charge in [0.25, 0.3) is 0 Å². The zero-order valence-corrected chi connectivity index (χ0v) is 15.1. The summed E-state index contributed by atoms with van der Waals surface area (Å²) in [5.74, 6) is 0.904. The largest absolute Gasteiger partial charge is 0.379 e. The molecule has 0 aliphatic heterocycles. The fourth-order valence-corrected chi connectivity index (χ4v) is 1.72. The van der Waals surface area contributed by atoms with E-state index in [0.717, 1.165) is 0 Å². The Labute approximate surface area is 141 Å². The second-order valence-corrected chi connectivity index (χ2v) is 6.93. The molecule has 0 aromatic carbocycles. The van der Waals surface area contributed by atoms with Crippen LogP contribution in [0.3, 0.4) is 0 Å². The van der Waals surface area contributed by atoms with Gasteiger partial charge in [-0.1, -0.05) is 20.8 Å². The molecular formula is C16H38N4O3. The second-order valence-electron chi connectivity index (χ2n) is 6.93. The fraction of sp³-hybridized carbons (Fsp3) is 1.00. The summed E-state index contributed by atoms with van der Waals surface area (Å²) in [5.41, 5.74) is 22.5. The molecule has 0 aliphatic rings. The van der Waals surface area contributed by atoms with Gasteiger partial charge in [0, 0.05) is 0 Å². The average molecular weight is 335 g/mol. The molecule has 0 heterocycles. The Kier molecular flexibility index (Phi) is 12.9. The predicted molar refractivity (Wildman–Crippen MR) is 94.0 cm³/mol. The van der Waals surface area contributed by atoms with Crippen molar-refractivity contribution in [1.29, 1.82) is 0 Å². The van der Waals surface area contributed by atoms with Crippen molar-refractivity contribution in [1.82, 2.24) is 0 Å². The van der Waals surface area contributed by atoms with Crippen LogP contribution in [-0.2, 0) is 14.2 Å². The van der Waals surface area contributed by atoms with Gasteiger partial charge < -0.3 is 37.1 Å². The third-order valence-corrected chi connectivity index (χ3v) is 3.58. The van der Waals surface area contributed by atoms with Crippen LogP contribution >= 0.6 is 0 Å². The molecular weight excluding hydrogens is 296 g/mol. The quantitative estimate of drug-likeness (QED) is 0.318. The minimum atomic E-state index is -0.684. The number of hydrogen-bond acceptors (Lipinski definition) is 7. The lowest BCUT2D eigenvalue weighted by Crippen LogP contribution is -2.53. The van der Waals surface area contributed by atoms with Crippen molar-refractivity contribution >= 4 is 0 Å². The first-order valence-electron chi connectivity index (χ1n) is 8.49. The van der Waals surface area contributed by atoms with Crippen molar-refractivity contribution in [2.45, 2.75) is 26.3 Å². The van der Waals surface area contributed by atoms with Crippen molar-refractivity contribution < 1.29 is 14.2 Å². The molecule has 0 saturated heterocycles. The van der Waals surface area contributed by atoms with Gasteiger partial charge in [-0.25, -0.2) is 0 Å². The minimum Gasteiger partial charge on any atom is -0.379 e. The van der Waals surface area contributed by atoms with E-state index in [1.54, 1.807) is 0 Å². The van der Waals surface area contributed by atoms with Gasteiger partial charge in [-0.05, 0) is 37.4 Å². The smallest absolute Gasteiger partial charge is 0.0865 e. The van der Waals surface area contributed by atoms with E-state index in [-0.39, 0.29) is 0 Å². The van der Waals surface area contributed by atoms with Crippen molar-refractivity contribution in [3.63, 3.8) is 0 Å². The number of hydrogen-bond donors (Lipinski definition) is 4. The van der Waals surface area contributed by atoms with Gasteiger partial charge in [0.05, 0.1) is 45.2 Å². The van der Waals surface area contributed by atoms with Crippen LogP contribution in [0, 0.1) is 17.8 Å². The van der Waals surface area contributed by atoms with Crippen LogP contribution in [0.5, 0.6) is 0 Å². The van der Waals surface area contributed by atoms with E-state index >= 15 is 0 Å². The second kappa shape index (κ2) is 13.1. The fourth-order valence-electron chi connectivity index (χ4n) is 1.72. The Hall–Kier alpha value is -0.280. The highest BCUT2D eigenvalue weighted by molar-refractivity contribution is 4.84. The van der Waals surface area contributed by atoms with Gasteiger partial charge in [-0.3, -0.25) is 0 Å². The molecule has 0 aromatic rings. The molecule has 0 rings (SSSR count). The highest BCUT2D eigenvalue weighted by Gasteiger charge is 2.27. The summed E-state index contributed by atoms with van der Waals surface area (Å²) in [5, 5.41) is 0. The zero-order valence-electron chi connectivity index (χ0n) is 15.1. The molecule has 0 aliphatic carbocycles. The standard InChI is InChI=1S/C16H38N4O3/c1-13(4-17)7-21-10-16(20,11-22-8-14(2)5-18)12-23-9-15(3)6-19/h13-15H,4-12,17-20H2,1-3H3. The number of nitrogens with two attached hydrogens (primary N) is 4. The molecule has 0 bridgehead atoms. The molecule has 8 N–H and O–H groups in total. The van der Waals surface area contributed by atoms with E-state index in [9.17, 15) is 0 Å². The summed E-state index contributed by atoms with van der Waals surface area (Å²) in [6, 6.07) is 0. The van der Waals surface area contributed by atoms with Gasteiger partial charge in [0.2, 0.25) is 0 Å². The predicted octanol–water partition coefficient (Wildman–Crippen LogP) is -0.482. The zero-order chi connectivity index (χ0) is 17.7. The van der Waals surface area contributed by atoms with Gasteiger partial charge in [0.1, 0.15) is 0 Å². The van der Waals surface area contributed by atoms with E-state index in [4.69, 9.17) is 37.1 Å². The Morgan fingerprint density at radius 1 is 0.652 bits per heavy atom. The highest BCUT2D eigenvalue weighted by atomic mass is 16.5. The maximum Gasteiger partial charge on any atom is 0.0865 e. The van der Waals surface area contributed by atoms with E-state index in [1.807, 2.05) is 20.8 Å². The molecule has 0 saturated carbocycles. The van der Waals surface area contributed by atoms with Crippen molar-refractivity contribution in [2.24, 2.45) is 40.7 Å². The lowest BCUT2D eigenvalue weighted by molar-refractivity contribution is -0.0363. The number of ether oxygens (including phenoxy) is 3. The van der Waals surface area contributed by atoms with E-state index in [0.29, 0.717) is 77.0 Å². The Bertz CT molecular complexity index is 241. The first kappa shape index (κ1) is 22.7. The summed E-state index contributed by atoms with van der Waals surface area (Å²) in [7, 11) is 0. The van der Waals surface area contributed by atoms with Crippen LogP contribution in [0.1, 0.15) is 20.8 Å². The molecule has 0 radical (unpaired) electrons. The molecule has 7 nitrogen and oxygen atoms in total. The van der Waals surface area contributed by atoms with Crippen LogP contribution in [0.25, 0.3) is 0 Å². The van der Waals surface area contributed by atoms with E-state index in [2.05, 4.69) is 0 Å². The van der Waals surface area contributed by atoms with Crippen LogP contribution in [0.2, 0.25) is 0 Å². The molecule has 0 spiro atoms. The topological polar surface area (TPSA) is 132 Å². The third kappa shape index (κ3) is 11.8. The Balaban J connectivity index is 4.32. The van der Waals surface area contributed by atoms with E-state index < -0.39 is 5.54 Å². The van der Waals surface area contributed by atoms with E-state index in [1.165, 1.54) is 0 Å². The van der Waals surface area contributed by atoms with Crippen LogP contribution in [0.15, 0.2) is 0 Å². The molecule has 0 fully saturated rings. The Morgan fingerprint density at radius 3 is 1.13 bits per heavy atom. The molecule has 0 aromatic heterocycles. The normalized spacial score (nSPS) is 18.4. The molecule has 3 atom stereocenters. The van der Waals surface area contributed by atoms with Crippen LogP contribution in [-0.4, -0.2) is 64.8 Å². The summed E-state index contributed by atoms with van der Waals surface area (Å²) in [4.78, 5) is 0. The van der Waals surface area contributed by atoms with Gasteiger partial charge in [0.15, 0.2) is 0 Å². The van der Waals surface area contributed by atoms with Crippen LogP contribution < -0.4 is 22.9 Å². The van der Waals surface area contributed by atoms with Gasteiger partial charge >= 0.3 is 0 Å². The van der Waals surface area contributed by atoms with Crippen molar-refractivity contribution in [3.8, 4) is 0 Å². The molecule has 23 heavy (non-hydrogen) atoms. The lowest BCUT2D eigenvalue weighted by atomic mass is 10.0. The van der Waals surface area contributed by atoms with Crippen molar-refractivity contribution in [3.05, 3.63) is 0 Å². The molecule has 0 amide bonds. The average Bonchev–Trinajstić information content (AvgIpc) is 2.54. The van der Waals surface area contributed by atoms with Gasteiger partial charge in [-0.2, -0.15) is 0 Å².